The largest absolute Gasteiger partial charge is 0.409 e. The molecular weight excluding hydrogens is 262 g/mol. The van der Waals surface area contributed by atoms with Crippen molar-refractivity contribution in [1.29, 1.82) is 0 Å². The first-order valence-electron chi connectivity index (χ1n) is 6.87. The van der Waals surface area contributed by atoms with Crippen LogP contribution in [-0.4, -0.2) is 18.1 Å². The molecule has 0 spiro atoms. The first kappa shape index (κ1) is 14.9. The van der Waals surface area contributed by atoms with E-state index in [1.807, 2.05) is 32.2 Å². The maximum Gasteiger partial charge on any atom is 0.172 e. The second-order valence-electron chi connectivity index (χ2n) is 5.30. The van der Waals surface area contributed by atoms with Gasteiger partial charge in [0.25, 0.3) is 0 Å². The molecule has 0 aliphatic rings. The highest BCUT2D eigenvalue weighted by Crippen LogP contribution is 2.25. The van der Waals surface area contributed by atoms with Crippen molar-refractivity contribution in [2.24, 2.45) is 10.9 Å². The molecule has 2 rings (SSSR count). The van der Waals surface area contributed by atoms with E-state index < -0.39 is 0 Å². The van der Waals surface area contributed by atoms with E-state index in [1.165, 1.54) is 11.1 Å². The summed E-state index contributed by atoms with van der Waals surface area (Å²) >= 11 is 0. The Kier molecular flexibility index (Phi) is 4.48. The SMILES string of the molecule is Cc1ccc(CN(C)c2c(C)cccc2/C(N)=N/O)cc1. The predicted molar refractivity (Wildman–Crippen MR) is 87.0 cm³/mol. The molecule has 4 nitrogen and oxygen atoms in total. The fourth-order valence-electron chi connectivity index (χ4n) is 2.47. The van der Waals surface area contributed by atoms with Gasteiger partial charge in [0.15, 0.2) is 5.84 Å². The zero-order chi connectivity index (χ0) is 15.4. The summed E-state index contributed by atoms with van der Waals surface area (Å²) in [5, 5.41) is 12.1. The lowest BCUT2D eigenvalue weighted by molar-refractivity contribution is 0.318. The molecule has 0 saturated heterocycles. The number of hydrogen-bond donors (Lipinski definition) is 2. The maximum absolute atomic E-state index is 8.95. The van der Waals surface area contributed by atoms with Crippen molar-refractivity contribution < 1.29 is 5.21 Å². The summed E-state index contributed by atoms with van der Waals surface area (Å²) in [7, 11) is 2.01. The minimum Gasteiger partial charge on any atom is -0.409 e. The number of rotatable bonds is 4. The van der Waals surface area contributed by atoms with Crippen LogP contribution in [0.5, 0.6) is 0 Å². The van der Waals surface area contributed by atoms with Crippen LogP contribution in [-0.2, 0) is 6.54 Å². The van der Waals surface area contributed by atoms with E-state index in [2.05, 4.69) is 41.2 Å². The highest BCUT2D eigenvalue weighted by atomic mass is 16.4. The van der Waals surface area contributed by atoms with Crippen molar-refractivity contribution in [3.05, 3.63) is 64.7 Å². The molecule has 110 valence electrons. The van der Waals surface area contributed by atoms with Crippen LogP contribution in [0.2, 0.25) is 0 Å². The average Bonchev–Trinajstić information content (AvgIpc) is 2.48. The van der Waals surface area contributed by atoms with Crippen LogP contribution in [0.25, 0.3) is 0 Å². The van der Waals surface area contributed by atoms with Crippen LogP contribution in [0.3, 0.4) is 0 Å². The fraction of sp³-hybridized carbons (Fsp3) is 0.235. The minimum atomic E-state index is 0.129. The normalized spacial score (nSPS) is 11.5. The first-order valence-corrected chi connectivity index (χ1v) is 6.87. The summed E-state index contributed by atoms with van der Waals surface area (Å²) in [6, 6.07) is 14.2. The van der Waals surface area contributed by atoms with E-state index in [-0.39, 0.29) is 5.84 Å². The van der Waals surface area contributed by atoms with Crippen LogP contribution in [0.1, 0.15) is 22.3 Å². The van der Waals surface area contributed by atoms with Crippen LogP contribution in [0, 0.1) is 13.8 Å². The van der Waals surface area contributed by atoms with Gasteiger partial charge in [0, 0.05) is 19.2 Å². The van der Waals surface area contributed by atoms with Gasteiger partial charge in [-0.25, -0.2) is 0 Å². The van der Waals surface area contributed by atoms with E-state index in [0.29, 0.717) is 0 Å². The van der Waals surface area contributed by atoms with Crippen molar-refractivity contribution in [2.45, 2.75) is 20.4 Å². The van der Waals surface area contributed by atoms with Crippen LogP contribution < -0.4 is 10.6 Å². The average molecular weight is 283 g/mol. The molecule has 0 bridgehead atoms. The predicted octanol–water partition coefficient (Wildman–Crippen LogP) is 3.03. The molecule has 21 heavy (non-hydrogen) atoms. The van der Waals surface area contributed by atoms with E-state index >= 15 is 0 Å². The highest BCUT2D eigenvalue weighted by molar-refractivity contribution is 6.02. The van der Waals surface area contributed by atoms with Crippen molar-refractivity contribution in [1.82, 2.24) is 0 Å². The first-order chi connectivity index (χ1) is 10.0. The molecule has 0 radical (unpaired) electrons. The van der Waals surface area contributed by atoms with Gasteiger partial charge in [-0.15, -0.1) is 0 Å². The third-order valence-electron chi connectivity index (χ3n) is 3.54. The van der Waals surface area contributed by atoms with Gasteiger partial charge in [-0.05, 0) is 31.0 Å². The van der Waals surface area contributed by atoms with Gasteiger partial charge in [-0.3, -0.25) is 0 Å². The lowest BCUT2D eigenvalue weighted by Gasteiger charge is -2.24. The highest BCUT2D eigenvalue weighted by Gasteiger charge is 2.13. The Morgan fingerprint density at radius 3 is 2.43 bits per heavy atom. The lowest BCUT2D eigenvalue weighted by atomic mass is 10.1. The molecule has 0 aliphatic heterocycles. The quantitative estimate of drug-likeness (QED) is 0.392. The molecule has 0 aliphatic carbocycles. The van der Waals surface area contributed by atoms with Gasteiger partial charge in [-0.1, -0.05) is 47.1 Å². The fourth-order valence-corrected chi connectivity index (χ4v) is 2.47. The molecular formula is C17H21N3O. The number of para-hydroxylation sites is 1. The number of oxime groups is 1. The van der Waals surface area contributed by atoms with Gasteiger partial charge in [0.1, 0.15) is 0 Å². The standard InChI is InChI=1S/C17H21N3O/c1-12-7-9-14(10-8-12)11-20(3)16-13(2)5-4-6-15(16)17(18)19-21/h4-10,21H,11H2,1-3H3,(H2,18,19). The molecule has 3 N–H and O–H groups in total. The number of nitrogens with two attached hydrogens (primary N) is 1. The summed E-state index contributed by atoms with van der Waals surface area (Å²) in [5.74, 6) is 0.129. The summed E-state index contributed by atoms with van der Waals surface area (Å²) in [5.41, 5.74) is 11.1. The molecule has 0 aromatic heterocycles. The molecule has 2 aromatic rings. The number of amidine groups is 1. The molecule has 0 fully saturated rings. The Hall–Kier alpha value is -2.49. The molecule has 0 atom stereocenters. The third kappa shape index (κ3) is 3.34. The van der Waals surface area contributed by atoms with Crippen molar-refractivity contribution in [3.63, 3.8) is 0 Å². The van der Waals surface area contributed by atoms with Gasteiger partial charge in [0.2, 0.25) is 0 Å². The van der Waals surface area contributed by atoms with Crippen LogP contribution in [0.4, 0.5) is 5.69 Å². The number of hydrogen-bond acceptors (Lipinski definition) is 3. The second kappa shape index (κ2) is 6.31. The summed E-state index contributed by atoms with van der Waals surface area (Å²) in [6.07, 6.45) is 0. The molecule has 4 heteroatoms. The number of nitrogens with zero attached hydrogens (tertiary/aromatic N) is 2. The topological polar surface area (TPSA) is 61.8 Å². The Morgan fingerprint density at radius 1 is 1.14 bits per heavy atom. The maximum atomic E-state index is 8.95. The molecule has 2 aromatic carbocycles. The molecule has 0 saturated carbocycles. The van der Waals surface area contributed by atoms with Crippen LogP contribution in [0.15, 0.2) is 47.6 Å². The Labute approximate surface area is 125 Å². The lowest BCUT2D eigenvalue weighted by Crippen LogP contribution is -2.23. The third-order valence-corrected chi connectivity index (χ3v) is 3.54. The van der Waals surface area contributed by atoms with Gasteiger partial charge in [0.05, 0.1) is 5.69 Å². The summed E-state index contributed by atoms with van der Waals surface area (Å²) in [6.45, 7) is 4.86. The second-order valence-corrected chi connectivity index (χ2v) is 5.30. The number of benzene rings is 2. The van der Waals surface area contributed by atoms with Gasteiger partial charge in [-0.2, -0.15) is 0 Å². The monoisotopic (exact) mass is 283 g/mol. The molecule has 0 amide bonds. The zero-order valence-electron chi connectivity index (χ0n) is 12.7. The van der Waals surface area contributed by atoms with E-state index in [4.69, 9.17) is 10.9 Å². The van der Waals surface area contributed by atoms with E-state index in [9.17, 15) is 0 Å². The summed E-state index contributed by atoms with van der Waals surface area (Å²) < 4.78 is 0. The number of anilines is 1. The minimum absolute atomic E-state index is 0.129. The smallest absolute Gasteiger partial charge is 0.172 e. The van der Waals surface area contributed by atoms with Crippen molar-refractivity contribution >= 4 is 11.5 Å². The number of aryl methyl sites for hydroxylation is 2. The van der Waals surface area contributed by atoms with Crippen molar-refractivity contribution in [2.75, 3.05) is 11.9 Å². The summed E-state index contributed by atoms with van der Waals surface area (Å²) in [4.78, 5) is 2.12. The molecule has 0 heterocycles. The van der Waals surface area contributed by atoms with E-state index in [1.54, 1.807) is 0 Å². The Bertz CT molecular complexity index is 648. The van der Waals surface area contributed by atoms with Crippen LogP contribution >= 0.6 is 0 Å². The Morgan fingerprint density at radius 2 is 1.81 bits per heavy atom. The van der Waals surface area contributed by atoms with E-state index in [0.717, 1.165) is 23.4 Å². The van der Waals surface area contributed by atoms with Gasteiger partial charge >= 0.3 is 0 Å². The zero-order valence-corrected chi connectivity index (χ0v) is 12.7. The van der Waals surface area contributed by atoms with Gasteiger partial charge < -0.3 is 15.8 Å². The Balaban J connectivity index is 2.34. The molecule has 0 unspecified atom stereocenters. The van der Waals surface area contributed by atoms with Crippen molar-refractivity contribution in [3.8, 4) is 0 Å².